The van der Waals surface area contributed by atoms with Crippen molar-refractivity contribution < 1.29 is 18.0 Å². The van der Waals surface area contributed by atoms with Gasteiger partial charge in [-0.1, -0.05) is 88.9 Å². The standard InChI is InChI=1S/C31H36BrN3O4S/c1-23-15-17-28(18-16-23)40(38,39)34(2)22-30(36)35(21-25-11-8-12-26(32)19-25)29(20-24-9-4-3-5-10-24)31(37)33-27-13-6-7-14-27/h3-5,8-12,15-19,27,29H,6-7,13-14,20-22H2,1-2H3,(H,33,37)/t29-/m1/s1. The second-order valence-electron chi connectivity index (χ2n) is 10.4. The molecule has 1 aliphatic carbocycles. The number of sulfonamides is 1. The van der Waals surface area contributed by atoms with E-state index in [1.54, 1.807) is 12.1 Å². The molecule has 40 heavy (non-hydrogen) atoms. The number of aryl methyl sites for hydroxylation is 1. The van der Waals surface area contributed by atoms with Crippen LogP contribution >= 0.6 is 15.9 Å². The Bertz CT molecular complexity index is 1410. The molecule has 9 heteroatoms. The van der Waals surface area contributed by atoms with Crippen LogP contribution in [0.3, 0.4) is 0 Å². The number of hydrogen-bond donors (Lipinski definition) is 1. The van der Waals surface area contributed by atoms with Gasteiger partial charge in [-0.15, -0.1) is 0 Å². The number of carbonyl (C=O) groups is 2. The summed E-state index contributed by atoms with van der Waals surface area (Å²) >= 11 is 3.49. The van der Waals surface area contributed by atoms with E-state index in [1.807, 2.05) is 61.5 Å². The number of hydrogen-bond acceptors (Lipinski definition) is 4. The molecule has 3 aromatic rings. The van der Waals surface area contributed by atoms with Crippen LogP contribution < -0.4 is 5.32 Å². The summed E-state index contributed by atoms with van der Waals surface area (Å²) in [5.41, 5.74) is 2.69. The minimum atomic E-state index is -3.91. The van der Waals surface area contributed by atoms with Crippen LogP contribution in [0, 0.1) is 6.92 Å². The SMILES string of the molecule is Cc1ccc(S(=O)(=O)N(C)CC(=O)N(Cc2cccc(Br)c2)[C@H](Cc2ccccc2)C(=O)NC2CCCC2)cc1. The van der Waals surface area contributed by atoms with Gasteiger partial charge < -0.3 is 10.2 Å². The zero-order valence-electron chi connectivity index (χ0n) is 22.9. The first-order valence-corrected chi connectivity index (χ1v) is 15.8. The van der Waals surface area contributed by atoms with Crippen molar-refractivity contribution in [2.75, 3.05) is 13.6 Å². The Morgan fingerprint density at radius 2 is 1.60 bits per heavy atom. The van der Waals surface area contributed by atoms with Gasteiger partial charge in [0.25, 0.3) is 0 Å². The van der Waals surface area contributed by atoms with E-state index in [-0.39, 0.29) is 23.4 Å². The lowest BCUT2D eigenvalue weighted by Crippen LogP contribution is -2.54. The molecule has 0 unspecified atom stereocenters. The smallest absolute Gasteiger partial charge is 0.243 e. The van der Waals surface area contributed by atoms with Gasteiger partial charge in [0.2, 0.25) is 21.8 Å². The molecule has 0 aromatic heterocycles. The summed E-state index contributed by atoms with van der Waals surface area (Å²) in [5.74, 6) is -0.663. The van der Waals surface area contributed by atoms with E-state index in [0.717, 1.165) is 51.2 Å². The quantitative estimate of drug-likeness (QED) is 0.322. The van der Waals surface area contributed by atoms with E-state index in [1.165, 1.54) is 24.1 Å². The number of likely N-dealkylation sites (N-methyl/N-ethyl adjacent to an activating group) is 1. The van der Waals surface area contributed by atoms with Gasteiger partial charge >= 0.3 is 0 Å². The van der Waals surface area contributed by atoms with Crippen molar-refractivity contribution in [3.8, 4) is 0 Å². The second kappa shape index (κ2) is 13.6. The van der Waals surface area contributed by atoms with Gasteiger partial charge in [-0.2, -0.15) is 4.31 Å². The maximum absolute atomic E-state index is 14.0. The molecule has 1 N–H and O–H groups in total. The maximum Gasteiger partial charge on any atom is 0.243 e. The van der Waals surface area contributed by atoms with Crippen LogP contribution in [0.2, 0.25) is 0 Å². The van der Waals surface area contributed by atoms with E-state index < -0.39 is 28.5 Å². The molecule has 0 heterocycles. The number of amides is 2. The molecule has 1 atom stereocenters. The van der Waals surface area contributed by atoms with Gasteiger partial charge in [0.05, 0.1) is 11.4 Å². The summed E-state index contributed by atoms with van der Waals surface area (Å²) in [4.78, 5) is 29.4. The molecule has 1 fully saturated rings. The van der Waals surface area contributed by atoms with Crippen molar-refractivity contribution in [3.05, 3.63) is 100 Å². The third-order valence-electron chi connectivity index (χ3n) is 7.30. The van der Waals surface area contributed by atoms with E-state index in [9.17, 15) is 18.0 Å². The second-order valence-corrected chi connectivity index (χ2v) is 13.4. The highest BCUT2D eigenvalue weighted by molar-refractivity contribution is 9.10. The molecule has 1 saturated carbocycles. The Labute approximate surface area is 245 Å². The van der Waals surface area contributed by atoms with E-state index in [2.05, 4.69) is 21.2 Å². The fraction of sp³-hybridized carbons (Fsp3) is 0.355. The van der Waals surface area contributed by atoms with Gasteiger partial charge in [0.15, 0.2) is 0 Å². The van der Waals surface area contributed by atoms with Crippen LogP contribution in [0.15, 0.2) is 88.2 Å². The Balaban J connectivity index is 1.66. The van der Waals surface area contributed by atoms with Gasteiger partial charge in [0, 0.05) is 30.5 Å². The van der Waals surface area contributed by atoms with Crippen LogP contribution in [-0.4, -0.2) is 55.1 Å². The third kappa shape index (κ3) is 7.80. The highest BCUT2D eigenvalue weighted by atomic mass is 79.9. The molecule has 7 nitrogen and oxygen atoms in total. The molecule has 4 rings (SSSR count). The highest BCUT2D eigenvalue weighted by Crippen LogP contribution is 2.22. The molecule has 2 amide bonds. The number of nitrogens with one attached hydrogen (secondary N) is 1. The summed E-state index contributed by atoms with van der Waals surface area (Å²) in [6.45, 7) is 1.64. The van der Waals surface area contributed by atoms with Crippen molar-refractivity contribution >= 4 is 37.8 Å². The van der Waals surface area contributed by atoms with Crippen LogP contribution in [0.4, 0.5) is 0 Å². The Morgan fingerprint density at radius 1 is 0.950 bits per heavy atom. The number of carbonyl (C=O) groups excluding carboxylic acids is 2. The van der Waals surface area contributed by atoms with Gasteiger partial charge in [-0.3, -0.25) is 9.59 Å². The Kier molecular flexibility index (Phi) is 10.2. The molecular formula is C31H36BrN3O4S. The van der Waals surface area contributed by atoms with Crippen LogP contribution in [-0.2, 0) is 32.6 Å². The Morgan fingerprint density at radius 3 is 2.25 bits per heavy atom. The summed E-state index contributed by atoms with van der Waals surface area (Å²) in [7, 11) is -2.51. The molecule has 1 aliphatic rings. The van der Waals surface area contributed by atoms with Gasteiger partial charge in [-0.05, 0) is 55.2 Å². The lowest BCUT2D eigenvalue weighted by molar-refractivity contribution is -0.141. The first-order chi connectivity index (χ1) is 19.1. The molecular weight excluding hydrogens is 590 g/mol. The van der Waals surface area contributed by atoms with Gasteiger partial charge in [-0.25, -0.2) is 8.42 Å². The number of nitrogens with zero attached hydrogens (tertiary/aromatic N) is 2. The molecule has 0 bridgehead atoms. The zero-order valence-corrected chi connectivity index (χ0v) is 25.3. The molecule has 212 valence electrons. The molecule has 0 spiro atoms. The van der Waals surface area contributed by atoms with E-state index in [0.29, 0.717) is 6.42 Å². The zero-order chi connectivity index (χ0) is 28.7. The number of halogens is 1. The average molecular weight is 627 g/mol. The largest absolute Gasteiger partial charge is 0.352 e. The predicted molar refractivity (Wildman–Crippen MR) is 160 cm³/mol. The first-order valence-electron chi connectivity index (χ1n) is 13.5. The topological polar surface area (TPSA) is 86.8 Å². The first kappa shape index (κ1) is 30.0. The van der Waals surface area contributed by atoms with Gasteiger partial charge in [0.1, 0.15) is 6.04 Å². The average Bonchev–Trinajstić information content (AvgIpc) is 3.44. The molecule has 3 aromatic carbocycles. The van der Waals surface area contributed by atoms with Crippen LogP contribution in [0.5, 0.6) is 0 Å². The van der Waals surface area contributed by atoms with E-state index in [4.69, 9.17) is 0 Å². The minimum Gasteiger partial charge on any atom is -0.352 e. The predicted octanol–water partition coefficient (Wildman–Crippen LogP) is 5.08. The lowest BCUT2D eigenvalue weighted by atomic mass is 10.0. The summed E-state index contributed by atoms with van der Waals surface area (Å²) in [6, 6.07) is 23.0. The molecule has 0 saturated heterocycles. The normalized spacial score (nSPS) is 14.7. The van der Waals surface area contributed by atoms with Crippen molar-refractivity contribution in [1.29, 1.82) is 0 Å². The summed E-state index contributed by atoms with van der Waals surface area (Å²) in [6.07, 6.45) is 4.28. The molecule has 0 radical (unpaired) electrons. The van der Waals surface area contributed by atoms with Crippen LogP contribution in [0.25, 0.3) is 0 Å². The van der Waals surface area contributed by atoms with Crippen molar-refractivity contribution in [2.45, 2.75) is 62.6 Å². The number of rotatable bonds is 11. The highest BCUT2D eigenvalue weighted by Gasteiger charge is 2.34. The fourth-order valence-electron chi connectivity index (χ4n) is 5.01. The Hall–Kier alpha value is -3.01. The summed E-state index contributed by atoms with van der Waals surface area (Å²) < 4.78 is 28.5. The van der Waals surface area contributed by atoms with Crippen molar-refractivity contribution in [1.82, 2.24) is 14.5 Å². The third-order valence-corrected chi connectivity index (χ3v) is 9.61. The lowest BCUT2D eigenvalue weighted by Gasteiger charge is -2.33. The van der Waals surface area contributed by atoms with E-state index >= 15 is 0 Å². The van der Waals surface area contributed by atoms with Crippen molar-refractivity contribution in [2.24, 2.45) is 0 Å². The molecule has 0 aliphatic heterocycles. The fourth-order valence-corrected chi connectivity index (χ4v) is 6.58. The van der Waals surface area contributed by atoms with Crippen molar-refractivity contribution in [3.63, 3.8) is 0 Å². The monoisotopic (exact) mass is 625 g/mol. The summed E-state index contributed by atoms with van der Waals surface area (Å²) in [5, 5.41) is 3.17. The van der Waals surface area contributed by atoms with Crippen LogP contribution in [0.1, 0.15) is 42.4 Å². The number of benzene rings is 3. The minimum absolute atomic E-state index is 0.0817. The maximum atomic E-state index is 14.0.